The number of para-hydroxylation sites is 3. The lowest BCUT2D eigenvalue weighted by Crippen LogP contribution is -2.21. The van der Waals surface area contributed by atoms with Gasteiger partial charge in [-0.1, -0.05) is 48.5 Å². The average Bonchev–Trinajstić information content (AvgIpc) is 2.97. The summed E-state index contributed by atoms with van der Waals surface area (Å²) in [7, 11) is -2.70. The third-order valence-electron chi connectivity index (χ3n) is 6.31. The third-order valence-corrected chi connectivity index (χ3v) is 7.67. The second-order valence-corrected chi connectivity index (χ2v) is 10.5. The number of sulfonamides is 1. The van der Waals surface area contributed by atoms with Crippen LogP contribution in [0.3, 0.4) is 0 Å². The molecule has 10 nitrogen and oxygen atoms in total. The van der Waals surface area contributed by atoms with Gasteiger partial charge in [0.25, 0.3) is 15.6 Å². The Morgan fingerprint density at radius 2 is 1.61 bits per heavy atom. The lowest BCUT2D eigenvalue weighted by Gasteiger charge is -2.15. The van der Waals surface area contributed by atoms with Crippen molar-refractivity contribution in [1.29, 1.82) is 0 Å². The van der Waals surface area contributed by atoms with Gasteiger partial charge in [-0.25, -0.2) is 17.8 Å². The monoisotopic (exact) mass is 569 g/mol. The van der Waals surface area contributed by atoms with Crippen molar-refractivity contribution in [3.05, 3.63) is 119 Å². The average molecular weight is 570 g/mol. The molecular weight excluding hydrogens is 546 g/mol. The summed E-state index contributed by atoms with van der Waals surface area (Å²) in [6, 6.07) is 24.7. The van der Waals surface area contributed by atoms with Crippen LogP contribution in [0.15, 0.2) is 112 Å². The zero-order valence-corrected chi connectivity index (χ0v) is 22.4. The number of aromatic nitrogens is 1. The summed E-state index contributed by atoms with van der Waals surface area (Å²) in [6.45, 7) is 0. The Labute approximate surface area is 234 Å². The summed E-state index contributed by atoms with van der Waals surface area (Å²) >= 11 is 0. The van der Waals surface area contributed by atoms with Crippen molar-refractivity contribution in [2.24, 2.45) is 4.99 Å². The van der Waals surface area contributed by atoms with E-state index in [0.29, 0.717) is 11.1 Å². The van der Waals surface area contributed by atoms with Crippen LogP contribution in [0.25, 0.3) is 16.5 Å². The molecule has 0 spiro atoms. The lowest BCUT2D eigenvalue weighted by molar-refractivity contribution is 0.0698. The number of carboxylic acids is 1. The number of hydrogen-bond donors (Lipinski definition) is 3. The summed E-state index contributed by atoms with van der Waals surface area (Å²) in [4.78, 5) is 29.3. The van der Waals surface area contributed by atoms with E-state index in [9.17, 15) is 28.2 Å². The zero-order valence-electron chi connectivity index (χ0n) is 21.6. The van der Waals surface area contributed by atoms with E-state index in [2.05, 4.69) is 9.71 Å². The maximum Gasteiger partial charge on any atom is 0.337 e. The first-order valence-electron chi connectivity index (χ1n) is 12.2. The van der Waals surface area contributed by atoms with Gasteiger partial charge in [0.2, 0.25) is 5.88 Å². The van der Waals surface area contributed by atoms with Crippen LogP contribution in [0.2, 0.25) is 0 Å². The van der Waals surface area contributed by atoms with Gasteiger partial charge in [0.1, 0.15) is 5.75 Å². The number of nitrogens with zero attached hydrogens (tertiary/aromatic N) is 2. The molecule has 0 aliphatic rings. The van der Waals surface area contributed by atoms with Crippen LogP contribution in [0.1, 0.15) is 15.9 Å². The summed E-state index contributed by atoms with van der Waals surface area (Å²) in [6.07, 6.45) is 1.28. The van der Waals surface area contributed by atoms with Crippen LogP contribution in [-0.2, 0) is 10.0 Å². The molecule has 0 aliphatic carbocycles. The highest BCUT2D eigenvalue weighted by Gasteiger charge is 2.21. The summed E-state index contributed by atoms with van der Waals surface area (Å²) < 4.78 is 35.2. The van der Waals surface area contributed by atoms with Gasteiger partial charge in [0.05, 0.1) is 40.2 Å². The van der Waals surface area contributed by atoms with E-state index in [1.54, 1.807) is 60.7 Å². The number of anilines is 1. The van der Waals surface area contributed by atoms with E-state index in [1.165, 1.54) is 49.7 Å². The van der Waals surface area contributed by atoms with E-state index in [4.69, 9.17) is 4.74 Å². The number of carboxylic acid groups (broad SMARTS) is 1. The maximum atomic E-state index is 13.6. The largest absolute Gasteiger partial charge is 0.495 e. The van der Waals surface area contributed by atoms with Crippen LogP contribution >= 0.6 is 0 Å². The van der Waals surface area contributed by atoms with Crippen LogP contribution < -0.4 is 15.0 Å². The Kier molecular flexibility index (Phi) is 7.28. The molecule has 5 rings (SSSR count). The molecule has 0 saturated heterocycles. The van der Waals surface area contributed by atoms with Crippen molar-refractivity contribution < 1.29 is 28.2 Å². The molecule has 11 heteroatoms. The molecule has 0 fully saturated rings. The summed E-state index contributed by atoms with van der Waals surface area (Å²) in [5.74, 6) is -1.35. The molecule has 3 N–H and O–H groups in total. The highest BCUT2D eigenvalue weighted by molar-refractivity contribution is 7.92. The normalized spacial score (nSPS) is 11.5. The number of fused-ring (bicyclic) bond motifs is 1. The number of ether oxygens (including phenoxy) is 1. The molecule has 0 aliphatic heterocycles. The van der Waals surface area contributed by atoms with Crippen LogP contribution in [-0.4, -0.2) is 42.5 Å². The maximum absolute atomic E-state index is 13.6. The Bertz CT molecular complexity index is 2000. The van der Waals surface area contributed by atoms with Crippen LogP contribution in [0.4, 0.5) is 11.4 Å². The Hall–Kier alpha value is -5.42. The molecule has 0 atom stereocenters. The zero-order chi connectivity index (χ0) is 29.1. The number of carbonyl (C=O) groups is 1. The van der Waals surface area contributed by atoms with E-state index in [0.717, 1.165) is 4.57 Å². The van der Waals surface area contributed by atoms with E-state index in [-0.39, 0.29) is 38.5 Å². The number of methoxy groups -OCH3 is 1. The quantitative estimate of drug-likeness (QED) is 0.224. The number of rotatable bonds is 8. The van der Waals surface area contributed by atoms with Crippen molar-refractivity contribution in [3.8, 4) is 17.3 Å². The number of aromatic hydroxyl groups is 1. The van der Waals surface area contributed by atoms with Gasteiger partial charge in [-0.3, -0.25) is 14.5 Å². The minimum absolute atomic E-state index is 0.0404. The van der Waals surface area contributed by atoms with E-state index in [1.807, 2.05) is 0 Å². The van der Waals surface area contributed by atoms with Crippen LogP contribution in [0.5, 0.6) is 11.6 Å². The molecular formula is C30H23N3O7S. The van der Waals surface area contributed by atoms with Crippen molar-refractivity contribution in [2.75, 3.05) is 11.8 Å². The minimum Gasteiger partial charge on any atom is -0.495 e. The van der Waals surface area contributed by atoms with Gasteiger partial charge in [-0.15, -0.1) is 0 Å². The number of benzene rings is 4. The van der Waals surface area contributed by atoms with Crippen molar-refractivity contribution in [3.63, 3.8) is 0 Å². The molecule has 1 aromatic heterocycles. The Morgan fingerprint density at radius 3 is 2.37 bits per heavy atom. The third kappa shape index (κ3) is 5.25. The standard InChI is InChI=1S/C30H23N3O7S/c1-40-27-16-7-6-15-26(27)32-41(38,39)20-10-8-9-19(17-20)33-28(34)22-12-3-2-11-21(22)24(29(33)35)18-31-25-14-5-4-13-23(25)30(36)37/h2-18,32,35H,1H3,(H,36,37). The topological polar surface area (TPSA) is 147 Å². The van der Waals surface area contributed by atoms with Crippen molar-refractivity contribution in [2.45, 2.75) is 4.90 Å². The first-order chi connectivity index (χ1) is 19.7. The fourth-order valence-corrected chi connectivity index (χ4v) is 5.46. The molecule has 0 radical (unpaired) electrons. The van der Waals surface area contributed by atoms with Gasteiger partial charge in [0, 0.05) is 17.0 Å². The molecule has 0 unspecified atom stereocenters. The fourth-order valence-electron chi connectivity index (χ4n) is 4.35. The lowest BCUT2D eigenvalue weighted by atomic mass is 10.1. The number of nitrogens with one attached hydrogen (secondary N) is 1. The molecule has 4 aromatic carbocycles. The summed E-state index contributed by atoms with van der Waals surface area (Å²) in [5.41, 5.74) is -0.0275. The minimum atomic E-state index is -4.12. The second-order valence-electron chi connectivity index (χ2n) is 8.81. The first kappa shape index (κ1) is 27.2. The van der Waals surface area contributed by atoms with Gasteiger partial charge in [-0.05, 0) is 48.5 Å². The SMILES string of the molecule is COc1ccccc1NS(=O)(=O)c1cccc(-n2c(O)c(C=Nc3ccccc3C(=O)O)c3ccccc3c2=O)c1. The molecule has 1 heterocycles. The summed E-state index contributed by atoms with van der Waals surface area (Å²) in [5, 5.41) is 21.5. The fraction of sp³-hybridized carbons (Fsp3) is 0.0333. The molecule has 41 heavy (non-hydrogen) atoms. The number of aliphatic imine (C=N–C) groups is 1. The highest BCUT2D eigenvalue weighted by atomic mass is 32.2. The first-order valence-corrected chi connectivity index (χ1v) is 13.7. The molecule has 0 bridgehead atoms. The number of aromatic carboxylic acids is 1. The highest BCUT2D eigenvalue weighted by Crippen LogP contribution is 2.30. The van der Waals surface area contributed by atoms with Gasteiger partial charge >= 0.3 is 5.97 Å². The van der Waals surface area contributed by atoms with Gasteiger partial charge in [0.15, 0.2) is 0 Å². The Balaban J connectivity index is 1.65. The molecule has 206 valence electrons. The number of pyridine rings is 1. The predicted molar refractivity (Wildman–Crippen MR) is 156 cm³/mol. The van der Waals surface area contributed by atoms with Crippen LogP contribution in [0, 0.1) is 0 Å². The van der Waals surface area contributed by atoms with Gasteiger partial charge < -0.3 is 14.9 Å². The molecule has 0 saturated carbocycles. The number of hydrogen-bond acceptors (Lipinski definition) is 7. The molecule has 0 amide bonds. The smallest absolute Gasteiger partial charge is 0.337 e. The van der Waals surface area contributed by atoms with Crippen molar-refractivity contribution in [1.82, 2.24) is 4.57 Å². The Morgan fingerprint density at radius 1 is 0.927 bits per heavy atom. The molecule has 5 aromatic rings. The van der Waals surface area contributed by atoms with Crippen molar-refractivity contribution >= 4 is 44.4 Å². The second kappa shape index (κ2) is 11.0. The predicted octanol–water partition coefficient (Wildman–Crippen LogP) is 4.95. The van der Waals surface area contributed by atoms with E-state index >= 15 is 0 Å². The van der Waals surface area contributed by atoms with E-state index < -0.39 is 27.4 Å². The van der Waals surface area contributed by atoms with Gasteiger partial charge in [-0.2, -0.15) is 0 Å².